The Labute approximate surface area is 69.9 Å². The zero-order valence-electron chi connectivity index (χ0n) is 6.78. The Hall–Kier alpha value is -0.910. The van der Waals surface area contributed by atoms with E-state index in [9.17, 15) is 4.79 Å². The molecule has 0 aromatic heterocycles. The summed E-state index contributed by atoms with van der Waals surface area (Å²) in [7, 11) is 0. The van der Waals surface area contributed by atoms with Crippen LogP contribution in [0.4, 0.5) is 0 Å². The summed E-state index contributed by atoms with van der Waals surface area (Å²) in [6, 6.07) is 0. The molecule has 0 aromatic rings. The van der Waals surface area contributed by atoms with Gasteiger partial charge in [-0.2, -0.15) is 0 Å². The van der Waals surface area contributed by atoms with E-state index >= 15 is 0 Å². The van der Waals surface area contributed by atoms with E-state index in [1.54, 1.807) is 0 Å². The summed E-state index contributed by atoms with van der Waals surface area (Å²) in [6.45, 7) is 4.50. The molecule has 0 rings (SSSR count). The zero-order valence-corrected chi connectivity index (χ0v) is 6.78. The first-order valence-electron chi connectivity index (χ1n) is 3.32. The van der Waals surface area contributed by atoms with Crippen LogP contribution in [0.5, 0.6) is 0 Å². The predicted molar refractivity (Wildman–Crippen MR) is 39.8 cm³/mol. The largest absolute Gasteiger partial charge is 0.462 e. The van der Waals surface area contributed by atoms with Crippen LogP contribution in [-0.4, -0.2) is 33.9 Å². The van der Waals surface area contributed by atoms with Crippen LogP contribution in [0.1, 0.15) is 13.3 Å². The van der Waals surface area contributed by atoms with E-state index in [1.165, 1.54) is 6.92 Å². The maximum Gasteiger partial charge on any atom is 0.333 e. The van der Waals surface area contributed by atoms with Gasteiger partial charge in [-0.25, -0.2) is 4.79 Å². The summed E-state index contributed by atoms with van der Waals surface area (Å²) < 4.78 is 4.46. The van der Waals surface area contributed by atoms with Gasteiger partial charge in [-0.05, 0) is 6.92 Å². The molecule has 0 atom stereocenters. The summed E-state index contributed by atoms with van der Waals surface area (Å²) in [5.74, 6) is -3.41. The van der Waals surface area contributed by atoms with Crippen molar-refractivity contribution in [3.05, 3.63) is 12.2 Å². The highest BCUT2D eigenvalue weighted by atomic mass is 16.7. The molecule has 0 amide bonds. The average molecular weight is 176 g/mol. The number of ether oxygens (including phenoxy) is 1. The van der Waals surface area contributed by atoms with E-state index in [0.717, 1.165) is 0 Å². The Morgan fingerprint density at radius 1 is 1.50 bits per heavy atom. The first-order chi connectivity index (χ1) is 5.33. The van der Waals surface area contributed by atoms with Crippen molar-refractivity contribution in [2.24, 2.45) is 0 Å². The van der Waals surface area contributed by atoms with Crippen LogP contribution < -0.4 is 0 Å². The number of rotatable bonds is 4. The topological polar surface area (TPSA) is 87.0 Å². The van der Waals surface area contributed by atoms with E-state index < -0.39 is 18.4 Å². The van der Waals surface area contributed by atoms with Crippen molar-refractivity contribution in [1.29, 1.82) is 0 Å². The van der Waals surface area contributed by atoms with Gasteiger partial charge in [0.1, 0.15) is 0 Å². The molecule has 0 aromatic carbocycles. The molecule has 0 fully saturated rings. The molecule has 0 spiro atoms. The SMILES string of the molecule is C=C(C)C(=O)OCCC(O)(O)O. The second-order valence-electron chi connectivity index (χ2n) is 2.44. The number of carbonyl (C=O) groups is 1. The molecule has 0 aliphatic heterocycles. The third kappa shape index (κ3) is 5.84. The molecule has 0 bridgehead atoms. The van der Waals surface area contributed by atoms with Crippen molar-refractivity contribution < 1.29 is 24.9 Å². The van der Waals surface area contributed by atoms with E-state index in [-0.39, 0.29) is 12.2 Å². The number of aliphatic hydroxyl groups is 3. The van der Waals surface area contributed by atoms with E-state index in [1.807, 2.05) is 0 Å². The smallest absolute Gasteiger partial charge is 0.333 e. The molecular formula is C7H12O5. The molecule has 0 aliphatic carbocycles. The Morgan fingerprint density at radius 2 is 2.00 bits per heavy atom. The van der Waals surface area contributed by atoms with Crippen molar-refractivity contribution in [3.8, 4) is 0 Å². The fraction of sp³-hybridized carbons (Fsp3) is 0.571. The highest BCUT2D eigenvalue weighted by molar-refractivity contribution is 5.86. The third-order valence-electron chi connectivity index (χ3n) is 1.02. The van der Waals surface area contributed by atoms with Gasteiger partial charge < -0.3 is 20.1 Å². The Balaban J connectivity index is 3.58. The van der Waals surface area contributed by atoms with Crippen molar-refractivity contribution in [1.82, 2.24) is 0 Å². The molecule has 0 radical (unpaired) electrons. The molecule has 0 aliphatic rings. The Morgan fingerprint density at radius 3 is 2.33 bits per heavy atom. The highest BCUT2D eigenvalue weighted by Gasteiger charge is 2.18. The van der Waals surface area contributed by atoms with Crippen LogP contribution in [-0.2, 0) is 9.53 Å². The van der Waals surface area contributed by atoms with Crippen molar-refractivity contribution in [3.63, 3.8) is 0 Å². The lowest BCUT2D eigenvalue weighted by Crippen LogP contribution is -2.29. The molecular weight excluding hydrogens is 164 g/mol. The number of hydrogen-bond donors (Lipinski definition) is 3. The zero-order chi connectivity index (χ0) is 9.78. The summed E-state index contributed by atoms with van der Waals surface area (Å²) in [6.07, 6.45) is -0.452. The minimum atomic E-state index is -2.78. The predicted octanol–water partition coefficient (Wildman–Crippen LogP) is -0.873. The van der Waals surface area contributed by atoms with Crippen LogP contribution >= 0.6 is 0 Å². The molecule has 0 saturated heterocycles. The number of hydrogen-bond acceptors (Lipinski definition) is 5. The van der Waals surface area contributed by atoms with E-state index in [4.69, 9.17) is 15.3 Å². The van der Waals surface area contributed by atoms with Crippen LogP contribution in [0.3, 0.4) is 0 Å². The minimum Gasteiger partial charge on any atom is -0.462 e. The van der Waals surface area contributed by atoms with Crippen LogP contribution in [0.25, 0.3) is 0 Å². The molecule has 5 heteroatoms. The second kappa shape index (κ2) is 4.20. The van der Waals surface area contributed by atoms with Crippen LogP contribution in [0.15, 0.2) is 12.2 Å². The molecule has 0 heterocycles. The minimum absolute atomic E-state index is 0.217. The molecule has 0 saturated carbocycles. The van der Waals surface area contributed by atoms with Crippen molar-refractivity contribution >= 4 is 5.97 Å². The summed E-state index contributed by atoms with van der Waals surface area (Å²) in [4.78, 5) is 10.7. The lowest BCUT2D eigenvalue weighted by molar-refractivity contribution is -0.317. The lowest BCUT2D eigenvalue weighted by Gasteiger charge is -2.13. The highest BCUT2D eigenvalue weighted by Crippen LogP contribution is 2.01. The Bertz CT molecular complexity index is 179. The molecule has 0 unspecified atom stereocenters. The van der Waals surface area contributed by atoms with Gasteiger partial charge in [0.25, 0.3) is 5.97 Å². The normalized spacial score (nSPS) is 11.0. The van der Waals surface area contributed by atoms with Gasteiger partial charge >= 0.3 is 5.97 Å². The van der Waals surface area contributed by atoms with Gasteiger partial charge in [0.15, 0.2) is 0 Å². The number of esters is 1. The van der Waals surface area contributed by atoms with Gasteiger partial charge in [-0.1, -0.05) is 6.58 Å². The van der Waals surface area contributed by atoms with Gasteiger partial charge in [0.05, 0.1) is 13.0 Å². The van der Waals surface area contributed by atoms with E-state index in [2.05, 4.69) is 11.3 Å². The fourth-order valence-electron chi connectivity index (χ4n) is 0.404. The van der Waals surface area contributed by atoms with Crippen molar-refractivity contribution in [2.75, 3.05) is 6.61 Å². The molecule has 70 valence electrons. The summed E-state index contributed by atoms with van der Waals surface area (Å²) in [5, 5.41) is 25.1. The van der Waals surface area contributed by atoms with Gasteiger partial charge in [-0.3, -0.25) is 0 Å². The van der Waals surface area contributed by atoms with Gasteiger partial charge in [0, 0.05) is 5.57 Å². The quantitative estimate of drug-likeness (QED) is 0.294. The van der Waals surface area contributed by atoms with Crippen molar-refractivity contribution in [2.45, 2.75) is 19.3 Å². The van der Waals surface area contributed by atoms with Gasteiger partial charge in [0.2, 0.25) is 0 Å². The van der Waals surface area contributed by atoms with Crippen LogP contribution in [0, 0.1) is 0 Å². The maximum absolute atomic E-state index is 10.7. The third-order valence-corrected chi connectivity index (χ3v) is 1.02. The summed E-state index contributed by atoms with van der Waals surface area (Å²) in [5.41, 5.74) is 0.217. The van der Waals surface area contributed by atoms with Gasteiger partial charge in [-0.15, -0.1) is 0 Å². The van der Waals surface area contributed by atoms with Crippen LogP contribution in [0.2, 0.25) is 0 Å². The monoisotopic (exact) mass is 176 g/mol. The molecule has 5 nitrogen and oxygen atoms in total. The second-order valence-corrected chi connectivity index (χ2v) is 2.44. The molecule has 3 N–H and O–H groups in total. The lowest BCUT2D eigenvalue weighted by atomic mass is 10.3. The Kier molecular flexibility index (Phi) is 3.88. The first-order valence-corrected chi connectivity index (χ1v) is 3.32. The van der Waals surface area contributed by atoms with E-state index in [0.29, 0.717) is 0 Å². The first kappa shape index (κ1) is 11.1. The summed E-state index contributed by atoms with van der Waals surface area (Å²) >= 11 is 0. The fourth-order valence-corrected chi connectivity index (χ4v) is 0.404. The standard InChI is InChI=1S/C7H12O5/c1-5(2)6(8)12-4-3-7(9,10)11/h9-11H,1,3-4H2,2H3. The maximum atomic E-state index is 10.7. The average Bonchev–Trinajstić information content (AvgIpc) is 1.84. The molecule has 12 heavy (non-hydrogen) atoms. The number of carbonyl (C=O) groups excluding carboxylic acids is 1.